The molecule has 0 spiro atoms. The molecule has 0 unspecified atom stereocenters. The zero-order valence-electron chi connectivity index (χ0n) is 13.0. The molecule has 1 fully saturated rings. The van der Waals surface area contributed by atoms with Crippen LogP contribution in [0.1, 0.15) is 19.3 Å². The number of benzene rings is 1. The minimum atomic E-state index is 0.507. The van der Waals surface area contributed by atoms with Crippen molar-refractivity contribution in [2.24, 2.45) is 5.92 Å². The van der Waals surface area contributed by atoms with Crippen molar-refractivity contribution in [3.8, 4) is 28.7 Å². The van der Waals surface area contributed by atoms with Gasteiger partial charge in [-0.2, -0.15) is 10.1 Å². The zero-order chi connectivity index (χ0) is 15.6. The topological polar surface area (TPSA) is 66.0 Å². The maximum absolute atomic E-state index is 5.44. The van der Waals surface area contributed by atoms with E-state index in [2.05, 4.69) is 15.2 Å². The molecule has 23 heavy (non-hydrogen) atoms. The molecule has 3 aromatic rings. The summed E-state index contributed by atoms with van der Waals surface area (Å²) in [5, 5.41) is 8.48. The molecule has 1 aliphatic carbocycles. The maximum atomic E-state index is 5.44. The second-order valence-electron chi connectivity index (χ2n) is 5.85. The molecule has 0 aliphatic heterocycles. The Labute approximate surface area is 134 Å². The van der Waals surface area contributed by atoms with Crippen LogP contribution in [0, 0.1) is 5.92 Å². The Morgan fingerprint density at radius 3 is 2.74 bits per heavy atom. The Hall–Kier alpha value is -2.63. The molecule has 0 amide bonds. The van der Waals surface area contributed by atoms with Gasteiger partial charge in [-0.05, 0) is 49.1 Å². The van der Waals surface area contributed by atoms with E-state index in [1.165, 1.54) is 19.3 Å². The van der Waals surface area contributed by atoms with Gasteiger partial charge >= 0.3 is 0 Å². The number of rotatable bonds is 5. The first-order valence-corrected chi connectivity index (χ1v) is 7.84. The fourth-order valence-electron chi connectivity index (χ4n) is 2.76. The largest absolute Gasteiger partial charge is 0.497 e. The molecule has 0 N–H and O–H groups in total. The average Bonchev–Trinajstić information content (AvgIpc) is 3.20. The lowest BCUT2D eigenvalue weighted by Crippen LogP contribution is -2.19. The van der Waals surface area contributed by atoms with Gasteiger partial charge in [-0.15, -0.1) is 0 Å². The first kappa shape index (κ1) is 14.0. The molecule has 6 heteroatoms. The quantitative estimate of drug-likeness (QED) is 0.722. The van der Waals surface area contributed by atoms with Gasteiger partial charge in [0.05, 0.1) is 7.11 Å². The summed E-state index contributed by atoms with van der Waals surface area (Å²) < 4.78 is 12.6. The highest BCUT2D eigenvalue weighted by Gasteiger charge is 2.21. The van der Waals surface area contributed by atoms with E-state index in [0.717, 1.165) is 29.5 Å². The molecule has 0 bridgehead atoms. The van der Waals surface area contributed by atoms with Gasteiger partial charge in [0, 0.05) is 18.3 Å². The van der Waals surface area contributed by atoms with Crippen LogP contribution in [-0.2, 0) is 6.54 Å². The number of methoxy groups -OCH3 is 1. The van der Waals surface area contributed by atoms with E-state index in [1.807, 2.05) is 35.0 Å². The molecule has 1 aliphatic rings. The molecule has 6 nitrogen and oxygen atoms in total. The van der Waals surface area contributed by atoms with Crippen molar-refractivity contribution in [2.45, 2.75) is 25.8 Å². The van der Waals surface area contributed by atoms with Gasteiger partial charge in [0.1, 0.15) is 11.4 Å². The summed E-state index contributed by atoms with van der Waals surface area (Å²) in [4.78, 5) is 4.51. The lowest BCUT2D eigenvalue weighted by atomic mass is 9.85. The number of ether oxygens (including phenoxy) is 1. The van der Waals surface area contributed by atoms with Crippen LogP contribution in [-0.4, -0.2) is 27.0 Å². The van der Waals surface area contributed by atoms with Gasteiger partial charge in [0.15, 0.2) is 0 Å². The van der Waals surface area contributed by atoms with Crippen LogP contribution in [0.25, 0.3) is 23.0 Å². The highest BCUT2D eigenvalue weighted by molar-refractivity contribution is 5.58. The van der Waals surface area contributed by atoms with Crippen LogP contribution in [0.4, 0.5) is 0 Å². The normalized spacial score (nSPS) is 14.7. The minimum absolute atomic E-state index is 0.507. The van der Waals surface area contributed by atoms with E-state index in [0.29, 0.717) is 11.7 Å². The third-order valence-electron chi connectivity index (χ3n) is 4.37. The summed E-state index contributed by atoms with van der Waals surface area (Å²) in [5.74, 6) is 2.60. The van der Waals surface area contributed by atoms with Crippen molar-refractivity contribution in [2.75, 3.05) is 7.11 Å². The molecule has 2 aromatic heterocycles. The maximum Gasteiger partial charge on any atom is 0.276 e. The Morgan fingerprint density at radius 2 is 2.04 bits per heavy atom. The molecular formula is C17H18N4O2. The van der Waals surface area contributed by atoms with E-state index in [-0.39, 0.29) is 0 Å². The van der Waals surface area contributed by atoms with Gasteiger partial charge in [-0.1, -0.05) is 11.6 Å². The van der Waals surface area contributed by atoms with Gasteiger partial charge in [0.25, 0.3) is 5.89 Å². The van der Waals surface area contributed by atoms with Crippen LogP contribution in [0.5, 0.6) is 5.75 Å². The Bertz CT molecular complexity index is 787. The minimum Gasteiger partial charge on any atom is -0.497 e. The Kier molecular flexibility index (Phi) is 3.57. The Balaban J connectivity index is 1.58. The van der Waals surface area contributed by atoms with Crippen molar-refractivity contribution in [3.63, 3.8) is 0 Å². The predicted molar refractivity (Wildman–Crippen MR) is 84.8 cm³/mol. The summed E-state index contributed by atoms with van der Waals surface area (Å²) in [6.07, 6.45) is 5.66. The first-order valence-electron chi connectivity index (χ1n) is 7.84. The molecule has 1 saturated carbocycles. The van der Waals surface area contributed by atoms with E-state index in [1.54, 1.807) is 13.3 Å². The fourth-order valence-corrected chi connectivity index (χ4v) is 2.76. The number of hydrogen-bond acceptors (Lipinski definition) is 5. The molecule has 0 saturated heterocycles. The summed E-state index contributed by atoms with van der Waals surface area (Å²) in [6.45, 7) is 0.919. The van der Waals surface area contributed by atoms with E-state index in [4.69, 9.17) is 9.26 Å². The molecule has 0 radical (unpaired) electrons. The molecule has 1 aromatic carbocycles. The predicted octanol–water partition coefficient (Wildman–Crippen LogP) is 3.41. The van der Waals surface area contributed by atoms with E-state index in [9.17, 15) is 0 Å². The highest BCUT2D eigenvalue weighted by Crippen LogP contribution is 2.30. The van der Waals surface area contributed by atoms with Crippen molar-refractivity contribution >= 4 is 0 Å². The van der Waals surface area contributed by atoms with Crippen LogP contribution in [0.15, 0.2) is 41.1 Å². The number of aromatic nitrogens is 4. The molecule has 0 atom stereocenters. The average molecular weight is 310 g/mol. The molecule has 2 heterocycles. The fraction of sp³-hybridized carbons (Fsp3) is 0.353. The van der Waals surface area contributed by atoms with Crippen molar-refractivity contribution < 1.29 is 9.26 Å². The van der Waals surface area contributed by atoms with E-state index >= 15 is 0 Å². The van der Waals surface area contributed by atoms with E-state index < -0.39 is 0 Å². The molecule has 4 rings (SSSR count). The SMILES string of the molecule is COc1ccc(-c2noc(-c3ccnn3CC3CCC3)n2)cc1. The smallest absolute Gasteiger partial charge is 0.276 e. The summed E-state index contributed by atoms with van der Waals surface area (Å²) in [5.41, 5.74) is 1.77. The van der Waals surface area contributed by atoms with Gasteiger partial charge in [-0.25, -0.2) is 0 Å². The van der Waals surface area contributed by atoms with Crippen molar-refractivity contribution in [1.29, 1.82) is 0 Å². The monoisotopic (exact) mass is 310 g/mol. The number of hydrogen-bond donors (Lipinski definition) is 0. The standard InChI is InChI=1S/C17H18N4O2/c1-22-14-7-5-13(6-8-14)16-19-17(23-20-16)15-9-10-18-21(15)11-12-3-2-4-12/h5-10,12H,2-4,11H2,1H3. The second kappa shape index (κ2) is 5.87. The van der Waals surface area contributed by atoms with Gasteiger partial charge in [0.2, 0.25) is 5.82 Å². The second-order valence-corrected chi connectivity index (χ2v) is 5.85. The third kappa shape index (κ3) is 2.72. The van der Waals surface area contributed by atoms with Gasteiger partial charge < -0.3 is 9.26 Å². The third-order valence-corrected chi connectivity index (χ3v) is 4.37. The first-order chi connectivity index (χ1) is 11.3. The highest BCUT2D eigenvalue weighted by atomic mass is 16.5. The number of nitrogens with zero attached hydrogens (tertiary/aromatic N) is 4. The lowest BCUT2D eigenvalue weighted by molar-refractivity contribution is 0.266. The van der Waals surface area contributed by atoms with Crippen LogP contribution >= 0.6 is 0 Å². The van der Waals surface area contributed by atoms with Crippen LogP contribution in [0.3, 0.4) is 0 Å². The summed E-state index contributed by atoms with van der Waals surface area (Å²) in [7, 11) is 1.64. The summed E-state index contributed by atoms with van der Waals surface area (Å²) in [6, 6.07) is 9.51. The Morgan fingerprint density at radius 1 is 1.22 bits per heavy atom. The van der Waals surface area contributed by atoms with Crippen LogP contribution in [0.2, 0.25) is 0 Å². The van der Waals surface area contributed by atoms with Gasteiger partial charge in [-0.3, -0.25) is 4.68 Å². The lowest BCUT2D eigenvalue weighted by Gasteiger charge is -2.25. The van der Waals surface area contributed by atoms with Crippen molar-refractivity contribution in [3.05, 3.63) is 36.5 Å². The molecular weight excluding hydrogens is 292 g/mol. The zero-order valence-corrected chi connectivity index (χ0v) is 13.0. The van der Waals surface area contributed by atoms with Crippen molar-refractivity contribution in [1.82, 2.24) is 19.9 Å². The van der Waals surface area contributed by atoms with Crippen LogP contribution < -0.4 is 4.74 Å². The molecule has 118 valence electrons. The summed E-state index contributed by atoms with van der Waals surface area (Å²) >= 11 is 0.